The summed E-state index contributed by atoms with van der Waals surface area (Å²) in [7, 11) is 1.63. The number of amides is 2. The number of rotatable bonds is 4. The van der Waals surface area contributed by atoms with Gasteiger partial charge in [0, 0.05) is 41.0 Å². The van der Waals surface area contributed by atoms with Crippen LogP contribution >= 0.6 is 0 Å². The number of aromatic nitrogens is 1. The first-order valence-corrected chi connectivity index (χ1v) is 10.6. The summed E-state index contributed by atoms with van der Waals surface area (Å²) >= 11 is 0. The third kappa shape index (κ3) is 3.76. The number of hydrogen-bond acceptors (Lipinski definition) is 4. The number of nitrogens with zero attached hydrogens (tertiary/aromatic N) is 2. The lowest BCUT2D eigenvalue weighted by Crippen LogP contribution is -2.43. The number of carbonyl (C=O) groups is 1. The van der Waals surface area contributed by atoms with Gasteiger partial charge in [0.25, 0.3) is 5.69 Å². The van der Waals surface area contributed by atoms with E-state index < -0.39 is 11.0 Å². The Morgan fingerprint density at radius 2 is 1.88 bits per heavy atom. The third-order valence-corrected chi connectivity index (χ3v) is 6.04. The molecule has 0 spiro atoms. The van der Waals surface area contributed by atoms with Crippen molar-refractivity contribution in [2.24, 2.45) is 0 Å². The summed E-state index contributed by atoms with van der Waals surface area (Å²) in [5, 5.41) is 15.2. The standard InChI is InChI=1S/C25H22N4O4/c1-33-19-11-12-22-21(15-19)20-13-14-28(25(30)26-17-5-3-2-4-6-17)24(23(20)27-22)16-7-9-18(10-8-16)29(31)32/h2-12,15,24,27H,13-14H2,1H3,(H,26,30)/t24-/m0/s1. The number of nitro groups is 1. The van der Waals surface area contributed by atoms with Gasteiger partial charge in [0.05, 0.1) is 18.1 Å². The van der Waals surface area contributed by atoms with Crippen LogP contribution in [0.3, 0.4) is 0 Å². The van der Waals surface area contributed by atoms with Crippen molar-refractivity contribution in [3.8, 4) is 5.75 Å². The smallest absolute Gasteiger partial charge is 0.322 e. The summed E-state index contributed by atoms with van der Waals surface area (Å²) in [6.07, 6.45) is 0.675. The molecular weight excluding hydrogens is 420 g/mol. The fourth-order valence-electron chi connectivity index (χ4n) is 4.46. The van der Waals surface area contributed by atoms with Gasteiger partial charge in [-0.2, -0.15) is 0 Å². The van der Waals surface area contributed by atoms with Crippen LogP contribution in [0.5, 0.6) is 5.75 Å². The van der Waals surface area contributed by atoms with Crippen molar-refractivity contribution in [2.75, 3.05) is 19.0 Å². The predicted octanol–water partition coefficient (Wildman–Crippen LogP) is 5.26. The van der Waals surface area contributed by atoms with Crippen LogP contribution in [-0.2, 0) is 6.42 Å². The Morgan fingerprint density at radius 1 is 1.12 bits per heavy atom. The number of ether oxygens (including phenoxy) is 1. The lowest BCUT2D eigenvalue weighted by molar-refractivity contribution is -0.384. The minimum absolute atomic E-state index is 0.0106. The molecule has 166 valence electrons. The number of non-ortho nitro benzene ring substituents is 1. The number of fused-ring (bicyclic) bond motifs is 3. The lowest BCUT2D eigenvalue weighted by Gasteiger charge is -2.36. The van der Waals surface area contributed by atoms with Crippen molar-refractivity contribution in [1.82, 2.24) is 9.88 Å². The zero-order valence-electron chi connectivity index (χ0n) is 17.9. The highest BCUT2D eigenvalue weighted by Gasteiger charge is 2.35. The molecule has 5 rings (SSSR count). The van der Waals surface area contributed by atoms with Gasteiger partial charge in [-0.25, -0.2) is 4.79 Å². The number of H-pyrrole nitrogens is 1. The Labute approximate surface area is 189 Å². The molecule has 8 heteroatoms. The van der Waals surface area contributed by atoms with Gasteiger partial charge in [-0.05, 0) is 60.0 Å². The van der Waals surface area contributed by atoms with Gasteiger partial charge in [0.1, 0.15) is 5.75 Å². The fraction of sp³-hybridized carbons (Fsp3) is 0.160. The van der Waals surface area contributed by atoms with E-state index in [4.69, 9.17) is 4.74 Å². The number of aromatic amines is 1. The fourth-order valence-corrected chi connectivity index (χ4v) is 4.46. The molecule has 0 fully saturated rings. The van der Waals surface area contributed by atoms with Crippen LogP contribution < -0.4 is 10.1 Å². The molecule has 1 aliphatic rings. The second-order valence-electron chi connectivity index (χ2n) is 7.92. The predicted molar refractivity (Wildman–Crippen MR) is 126 cm³/mol. The Morgan fingerprint density at radius 3 is 2.58 bits per heavy atom. The topological polar surface area (TPSA) is 100 Å². The van der Waals surface area contributed by atoms with Crippen molar-refractivity contribution in [3.63, 3.8) is 0 Å². The first-order valence-electron chi connectivity index (χ1n) is 10.6. The zero-order valence-corrected chi connectivity index (χ0v) is 17.9. The quantitative estimate of drug-likeness (QED) is 0.332. The summed E-state index contributed by atoms with van der Waals surface area (Å²) in [4.78, 5) is 29.3. The van der Waals surface area contributed by atoms with Gasteiger partial charge in [-0.15, -0.1) is 0 Å². The summed E-state index contributed by atoms with van der Waals surface area (Å²) in [5.41, 5.74) is 4.49. The number of benzene rings is 3. The minimum atomic E-state index is -0.425. The highest BCUT2D eigenvalue weighted by Crippen LogP contribution is 2.40. The number of methoxy groups -OCH3 is 1. The molecule has 2 N–H and O–H groups in total. The Balaban J connectivity index is 1.59. The van der Waals surface area contributed by atoms with E-state index in [0.717, 1.165) is 33.5 Å². The summed E-state index contributed by atoms with van der Waals surface area (Å²) in [6, 6.07) is 20.9. The highest BCUT2D eigenvalue weighted by molar-refractivity contribution is 5.91. The van der Waals surface area contributed by atoms with E-state index in [0.29, 0.717) is 18.7 Å². The first kappa shape index (κ1) is 20.6. The van der Waals surface area contributed by atoms with Crippen LogP contribution in [0.2, 0.25) is 0 Å². The molecule has 0 unspecified atom stereocenters. The maximum Gasteiger partial charge on any atom is 0.322 e. The largest absolute Gasteiger partial charge is 0.497 e. The molecule has 0 aliphatic carbocycles. The van der Waals surface area contributed by atoms with Crippen LogP contribution in [0, 0.1) is 10.1 Å². The first-order chi connectivity index (χ1) is 16.0. The molecule has 33 heavy (non-hydrogen) atoms. The molecule has 8 nitrogen and oxygen atoms in total. The maximum absolute atomic E-state index is 13.3. The van der Waals surface area contributed by atoms with E-state index in [1.165, 1.54) is 12.1 Å². The van der Waals surface area contributed by atoms with E-state index in [9.17, 15) is 14.9 Å². The van der Waals surface area contributed by atoms with Gasteiger partial charge in [0.15, 0.2) is 0 Å². The van der Waals surface area contributed by atoms with Crippen molar-refractivity contribution >= 4 is 28.3 Å². The molecule has 4 aromatic rings. The SMILES string of the molecule is COc1ccc2[nH]c3c(c2c1)CCN(C(=O)Nc1ccccc1)[C@H]3c1ccc([N+](=O)[O-])cc1. The average Bonchev–Trinajstić information content (AvgIpc) is 3.22. The summed E-state index contributed by atoms with van der Waals surface area (Å²) in [6.45, 7) is 0.498. The number of hydrogen-bond donors (Lipinski definition) is 2. The maximum atomic E-state index is 13.3. The van der Waals surface area contributed by atoms with Crippen LogP contribution in [0.4, 0.5) is 16.2 Å². The van der Waals surface area contributed by atoms with Crippen LogP contribution in [0.15, 0.2) is 72.8 Å². The van der Waals surface area contributed by atoms with Crippen LogP contribution in [0.25, 0.3) is 10.9 Å². The molecule has 3 aromatic carbocycles. The number of urea groups is 1. The van der Waals surface area contributed by atoms with E-state index in [1.807, 2.05) is 48.5 Å². The van der Waals surface area contributed by atoms with Crippen molar-refractivity contribution in [2.45, 2.75) is 12.5 Å². The molecule has 0 saturated heterocycles. The molecule has 1 aromatic heterocycles. The average molecular weight is 442 g/mol. The number of para-hydroxylation sites is 1. The monoisotopic (exact) mass is 442 g/mol. The van der Waals surface area contributed by atoms with E-state index in [-0.39, 0.29) is 11.7 Å². The molecule has 1 aliphatic heterocycles. The van der Waals surface area contributed by atoms with Crippen molar-refractivity contribution in [3.05, 3.63) is 99.7 Å². The Hall–Kier alpha value is -4.33. The van der Waals surface area contributed by atoms with Gasteiger partial charge < -0.3 is 19.9 Å². The van der Waals surface area contributed by atoms with Gasteiger partial charge in [-0.3, -0.25) is 10.1 Å². The zero-order chi connectivity index (χ0) is 22.9. The van der Waals surface area contributed by atoms with Gasteiger partial charge in [0.2, 0.25) is 0 Å². The molecule has 1 atom stereocenters. The number of nitro benzene ring substituents is 1. The Kier molecular flexibility index (Phi) is 5.18. The van der Waals surface area contributed by atoms with E-state index in [2.05, 4.69) is 10.3 Å². The second kappa shape index (κ2) is 8.31. The third-order valence-electron chi connectivity index (χ3n) is 6.04. The van der Waals surface area contributed by atoms with Crippen LogP contribution in [-0.4, -0.2) is 34.5 Å². The van der Waals surface area contributed by atoms with Crippen molar-refractivity contribution < 1.29 is 14.5 Å². The summed E-state index contributed by atoms with van der Waals surface area (Å²) in [5.74, 6) is 0.764. The summed E-state index contributed by atoms with van der Waals surface area (Å²) < 4.78 is 5.40. The van der Waals surface area contributed by atoms with Crippen LogP contribution in [0.1, 0.15) is 22.9 Å². The number of carbonyl (C=O) groups excluding carboxylic acids is 1. The molecule has 0 saturated carbocycles. The van der Waals surface area contributed by atoms with Crippen molar-refractivity contribution in [1.29, 1.82) is 0 Å². The normalized spacial score (nSPS) is 15.2. The number of anilines is 1. The Bertz CT molecular complexity index is 1330. The molecule has 2 heterocycles. The van der Waals surface area contributed by atoms with Gasteiger partial charge >= 0.3 is 6.03 Å². The molecular formula is C25H22N4O4. The lowest BCUT2D eigenvalue weighted by atomic mass is 9.92. The second-order valence-corrected chi connectivity index (χ2v) is 7.92. The molecule has 0 bridgehead atoms. The van der Waals surface area contributed by atoms with Gasteiger partial charge in [-0.1, -0.05) is 18.2 Å². The highest BCUT2D eigenvalue weighted by atomic mass is 16.6. The van der Waals surface area contributed by atoms with E-state index in [1.54, 1.807) is 24.1 Å². The number of nitrogens with one attached hydrogen (secondary N) is 2. The molecule has 2 amide bonds. The minimum Gasteiger partial charge on any atom is -0.497 e. The molecule has 0 radical (unpaired) electrons. The van der Waals surface area contributed by atoms with E-state index >= 15 is 0 Å².